The lowest BCUT2D eigenvalue weighted by atomic mass is 9.93. The van der Waals surface area contributed by atoms with Crippen molar-refractivity contribution in [1.82, 2.24) is 9.80 Å². The second kappa shape index (κ2) is 8.78. The van der Waals surface area contributed by atoms with Crippen LogP contribution in [0, 0.1) is 12.8 Å². The van der Waals surface area contributed by atoms with Crippen molar-refractivity contribution in [2.75, 3.05) is 33.3 Å². The molecular weight excluding hydrogens is 380 g/mol. The summed E-state index contributed by atoms with van der Waals surface area (Å²) in [5, 5.41) is 0. The summed E-state index contributed by atoms with van der Waals surface area (Å²) in [6, 6.07) is 15.2. The molecule has 6 nitrogen and oxygen atoms in total. The van der Waals surface area contributed by atoms with Crippen LogP contribution in [0.2, 0.25) is 0 Å². The lowest BCUT2D eigenvalue weighted by Gasteiger charge is -2.42. The molecule has 0 unspecified atom stereocenters. The molecule has 0 aromatic heterocycles. The van der Waals surface area contributed by atoms with Gasteiger partial charge >= 0.3 is 0 Å². The standard InChI is InChI=1S/C24H28N2O4/c1-17-6-8-20(9-7-17)30-22-15-26(16-22)23(27)18-10-12-25(13-11-18)24(28)19-4-3-5-21(14-19)29-2/h3-9,14,18,22H,10-13,15-16H2,1-2H3. The van der Waals surface area contributed by atoms with Gasteiger partial charge in [0.25, 0.3) is 5.91 Å². The number of aryl methyl sites for hydroxylation is 1. The van der Waals surface area contributed by atoms with Gasteiger partial charge in [-0.05, 0) is 50.1 Å². The summed E-state index contributed by atoms with van der Waals surface area (Å²) in [6.45, 7) is 4.52. The van der Waals surface area contributed by atoms with Gasteiger partial charge in [-0.3, -0.25) is 9.59 Å². The van der Waals surface area contributed by atoms with Crippen molar-refractivity contribution in [3.63, 3.8) is 0 Å². The van der Waals surface area contributed by atoms with E-state index in [-0.39, 0.29) is 23.8 Å². The van der Waals surface area contributed by atoms with Crippen LogP contribution >= 0.6 is 0 Å². The summed E-state index contributed by atoms with van der Waals surface area (Å²) in [6.07, 6.45) is 1.47. The highest BCUT2D eigenvalue weighted by Gasteiger charge is 2.37. The Morgan fingerprint density at radius 1 is 0.933 bits per heavy atom. The largest absolute Gasteiger partial charge is 0.497 e. The van der Waals surface area contributed by atoms with Crippen molar-refractivity contribution in [3.8, 4) is 11.5 Å². The number of carbonyl (C=O) groups is 2. The first-order valence-corrected chi connectivity index (χ1v) is 10.5. The Hall–Kier alpha value is -3.02. The van der Waals surface area contributed by atoms with E-state index in [2.05, 4.69) is 0 Å². The minimum absolute atomic E-state index is 0.00434. The van der Waals surface area contributed by atoms with Crippen LogP contribution in [0.15, 0.2) is 48.5 Å². The smallest absolute Gasteiger partial charge is 0.253 e. The predicted octanol–water partition coefficient (Wildman–Crippen LogP) is 3.15. The summed E-state index contributed by atoms with van der Waals surface area (Å²) < 4.78 is 11.1. The topological polar surface area (TPSA) is 59.1 Å². The highest BCUT2D eigenvalue weighted by atomic mass is 16.5. The van der Waals surface area contributed by atoms with E-state index in [0.29, 0.717) is 50.3 Å². The molecule has 158 valence electrons. The third-order valence-electron chi connectivity index (χ3n) is 5.93. The molecule has 0 bridgehead atoms. The van der Waals surface area contributed by atoms with E-state index < -0.39 is 0 Å². The van der Waals surface area contributed by atoms with Crippen LogP contribution in [-0.4, -0.2) is 61.0 Å². The summed E-state index contributed by atoms with van der Waals surface area (Å²) >= 11 is 0. The van der Waals surface area contributed by atoms with Crippen molar-refractivity contribution in [1.29, 1.82) is 0 Å². The first-order chi connectivity index (χ1) is 14.5. The number of methoxy groups -OCH3 is 1. The number of piperidine rings is 1. The van der Waals surface area contributed by atoms with Crippen LogP contribution in [0.25, 0.3) is 0 Å². The Morgan fingerprint density at radius 3 is 2.30 bits per heavy atom. The van der Waals surface area contributed by atoms with Gasteiger partial charge in [-0.1, -0.05) is 23.8 Å². The highest BCUT2D eigenvalue weighted by molar-refractivity contribution is 5.94. The Morgan fingerprint density at radius 2 is 1.63 bits per heavy atom. The summed E-state index contributed by atoms with van der Waals surface area (Å²) in [7, 11) is 1.59. The third-order valence-corrected chi connectivity index (χ3v) is 5.93. The molecule has 30 heavy (non-hydrogen) atoms. The second-order valence-electron chi connectivity index (χ2n) is 8.09. The highest BCUT2D eigenvalue weighted by Crippen LogP contribution is 2.26. The quantitative estimate of drug-likeness (QED) is 0.763. The minimum Gasteiger partial charge on any atom is -0.497 e. The van der Waals surface area contributed by atoms with E-state index in [1.54, 1.807) is 19.2 Å². The Bertz CT molecular complexity index is 898. The summed E-state index contributed by atoms with van der Waals surface area (Å²) in [5.41, 5.74) is 1.82. The lowest BCUT2D eigenvalue weighted by Crippen LogP contribution is -2.58. The number of hydrogen-bond donors (Lipinski definition) is 0. The van der Waals surface area contributed by atoms with Gasteiger partial charge in [-0.2, -0.15) is 0 Å². The average Bonchev–Trinajstić information content (AvgIpc) is 2.76. The van der Waals surface area contributed by atoms with Gasteiger partial charge in [-0.15, -0.1) is 0 Å². The van der Waals surface area contributed by atoms with Crippen molar-refractivity contribution >= 4 is 11.8 Å². The molecule has 0 aliphatic carbocycles. The third kappa shape index (κ3) is 4.42. The maximum Gasteiger partial charge on any atom is 0.253 e. The van der Waals surface area contributed by atoms with E-state index in [4.69, 9.17) is 9.47 Å². The molecule has 0 spiro atoms. The molecular formula is C24H28N2O4. The molecule has 0 saturated carbocycles. The number of nitrogens with zero attached hydrogens (tertiary/aromatic N) is 2. The number of rotatable bonds is 5. The average molecular weight is 408 g/mol. The fourth-order valence-corrected chi connectivity index (χ4v) is 4.03. The second-order valence-corrected chi connectivity index (χ2v) is 8.09. The van der Waals surface area contributed by atoms with E-state index in [0.717, 1.165) is 5.75 Å². The molecule has 2 aromatic rings. The molecule has 0 atom stereocenters. The monoisotopic (exact) mass is 408 g/mol. The molecule has 2 aromatic carbocycles. The maximum atomic E-state index is 12.8. The number of hydrogen-bond acceptors (Lipinski definition) is 4. The van der Waals surface area contributed by atoms with Crippen LogP contribution in [0.1, 0.15) is 28.8 Å². The zero-order chi connectivity index (χ0) is 21.1. The van der Waals surface area contributed by atoms with Crippen LogP contribution in [0.3, 0.4) is 0 Å². The van der Waals surface area contributed by atoms with Crippen LogP contribution in [0.4, 0.5) is 0 Å². The molecule has 2 aliphatic heterocycles. The maximum absolute atomic E-state index is 12.8. The number of amides is 2. The molecule has 2 fully saturated rings. The fourth-order valence-electron chi connectivity index (χ4n) is 4.03. The number of benzene rings is 2. The Kier molecular flexibility index (Phi) is 5.93. The first-order valence-electron chi connectivity index (χ1n) is 10.5. The van der Waals surface area contributed by atoms with Gasteiger partial charge in [0.05, 0.1) is 20.2 Å². The molecule has 4 rings (SSSR count). The van der Waals surface area contributed by atoms with Gasteiger partial charge in [0.2, 0.25) is 5.91 Å². The molecule has 2 heterocycles. The van der Waals surface area contributed by atoms with Gasteiger partial charge in [-0.25, -0.2) is 0 Å². The molecule has 0 radical (unpaired) electrons. The number of likely N-dealkylation sites (tertiary alicyclic amines) is 2. The predicted molar refractivity (Wildman–Crippen MR) is 114 cm³/mol. The van der Waals surface area contributed by atoms with Gasteiger partial charge < -0.3 is 19.3 Å². The van der Waals surface area contributed by atoms with Crippen LogP contribution < -0.4 is 9.47 Å². The van der Waals surface area contributed by atoms with E-state index >= 15 is 0 Å². The minimum atomic E-state index is -0.0142. The van der Waals surface area contributed by atoms with Crippen LogP contribution in [0.5, 0.6) is 11.5 Å². The van der Waals surface area contributed by atoms with Gasteiger partial charge in [0.15, 0.2) is 0 Å². The first kappa shape index (κ1) is 20.3. The van der Waals surface area contributed by atoms with E-state index in [9.17, 15) is 9.59 Å². The Balaban J connectivity index is 1.24. The normalized spacial score (nSPS) is 17.4. The summed E-state index contributed by atoms with van der Waals surface area (Å²) in [4.78, 5) is 29.3. The Labute approximate surface area is 177 Å². The molecule has 2 saturated heterocycles. The van der Waals surface area contributed by atoms with Crippen molar-refractivity contribution in [2.45, 2.75) is 25.9 Å². The zero-order valence-corrected chi connectivity index (χ0v) is 17.5. The molecule has 2 aliphatic rings. The van der Waals surface area contributed by atoms with E-state index in [1.807, 2.05) is 53.1 Å². The van der Waals surface area contributed by atoms with Crippen LogP contribution in [-0.2, 0) is 4.79 Å². The zero-order valence-electron chi connectivity index (χ0n) is 17.5. The lowest BCUT2D eigenvalue weighted by molar-refractivity contribution is -0.145. The van der Waals surface area contributed by atoms with Crippen molar-refractivity contribution in [3.05, 3.63) is 59.7 Å². The number of ether oxygens (including phenoxy) is 2. The van der Waals surface area contributed by atoms with Crippen molar-refractivity contribution in [2.24, 2.45) is 5.92 Å². The molecule has 2 amide bonds. The van der Waals surface area contributed by atoms with E-state index in [1.165, 1.54) is 5.56 Å². The fraction of sp³-hybridized carbons (Fsp3) is 0.417. The summed E-state index contributed by atoms with van der Waals surface area (Å²) in [5.74, 6) is 1.69. The number of carbonyl (C=O) groups excluding carboxylic acids is 2. The van der Waals surface area contributed by atoms with Gasteiger partial charge in [0, 0.05) is 24.6 Å². The van der Waals surface area contributed by atoms with Crippen molar-refractivity contribution < 1.29 is 19.1 Å². The molecule has 0 N–H and O–H groups in total. The SMILES string of the molecule is COc1cccc(C(=O)N2CCC(C(=O)N3CC(Oc4ccc(C)cc4)C3)CC2)c1. The molecule has 6 heteroatoms. The van der Waals surface area contributed by atoms with Gasteiger partial charge in [0.1, 0.15) is 17.6 Å².